The lowest BCUT2D eigenvalue weighted by molar-refractivity contribution is 0.244. The van der Waals surface area contributed by atoms with Crippen molar-refractivity contribution in [1.82, 2.24) is 10.3 Å². The number of carbonyl (C=O) groups is 1. The summed E-state index contributed by atoms with van der Waals surface area (Å²) >= 11 is 0. The summed E-state index contributed by atoms with van der Waals surface area (Å²) in [6.07, 6.45) is 1.68. The number of hydrogen-bond donors (Lipinski definition) is 3. The number of fused-ring (bicyclic) bond motifs is 1. The van der Waals surface area contributed by atoms with Crippen LogP contribution in [0.15, 0.2) is 30.5 Å². The average Bonchev–Trinajstić information content (AvgIpc) is 2.31. The first-order chi connectivity index (χ1) is 8.87. The van der Waals surface area contributed by atoms with Gasteiger partial charge >= 0.3 is 6.03 Å². The summed E-state index contributed by atoms with van der Waals surface area (Å²) in [6, 6.07) is 6.96. The fourth-order valence-corrected chi connectivity index (χ4v) is 1.80. The van der Waals surface area contributed by atoms with Gasteiger partial charge in [-0.25, -0.2) is 4.79 Å². The molecule has 0 atom stereocenters. The Labute approximate surface area is 112 Å². The van der Waals surface area contributed by atoms with Crippen molar-refractivity contribution >= 4 is 28.3 Å². The van der Waals surface area contributed by atoms with E-state index < -0.39 is 0 Å². The van der Waals surface area contributed by atoms with Crippen LogP contribution in [0, 0.1) is 0 Å². The highest BCUT2D eigenvalue weighted by molar-refractivity contribution is 6.04. The molecule has 4 N–H and O–H groups in total. The normalized spacial score (nSPS) is 11.3. The number of nitrogens with two attached hydrogens (primary N) is 1. The van der Waals surface area contributed by atoms with E-state index in [4.69, 9.17) is 5.73 Å². The molecule has 0 aliphatic heterocycles. The van der Waals surface area contributed by atoms with E-state index in [1.165, 1.54) is 0 Å². The van der Waals surface area contributed by atoms with Crippen molar-refractivity contribution in [1.29, 1.82) is 0 Å². The third kappa shape index (κ3) is 3.13. The molecule has 0 aliphatic carbocycles. The average molecular weight is 258 g/mol. The summed E-state index contributed by atoms with van der Waals surface area (Å²) in [5.74, 6) is 0. The highest BCUT2D eigenvalue weighted by Crippen LogP contribution is 2.26. The lowest BCUT2D eigenvalue weighted by atomic mass is 10.1. The molecule has 5 nitrogen and oxygen atoms in total. The minimum absolute atomic E-state index is 0.248. The number of pyridine rings is 1. The maximum atomic E-state index is 11.9. The van der Waals surface area contributed by atoms with Crippen molar-refractivity contribution in [2.45, 2.75) is 26.3 Å². The second-order valence-electron chi connectivity index (χ2n) is 5.43. The lowest BCUT2D eigenvalue weighted by Gasteiger charge is -2.21. The summed E-state index contributed by atoms with van der Waals surface area (Å²) in [7, 11) is 0. The van der Waals surface area contributed by atoms with Crippen LogP contribution >= 0.6 is 0 Å². The van der Waals surface area contributed by atoms with Crippen LogP contribution in [-0.2, 0) is 0 Å². The van der Waals surface area contributed by atoms with Gasteiger partial charge < -0.3 is 16.4 Å². The maximum absolute atomic E-state index is 11.9. The molecule has 1 heterocycles. The quantitative estimate of drug-likeness (QED) is 0.688. The molecule has 0 unspecified atom stereocenters. The van der Waals surface area contributed by atoms with E-state index in [0.717, 1.165) is 5.39 Å². The zero-order valence-electron chi connectivity index (χ0n) is 11.3. The van der Waals surface area contributed by atoms with E-state index in [9.17, 15) is 4.79 Å². The Bertz CT molecular complexity index is 616. The predicted molar refractivity (Wildman–Crippen MR) is 78.1 cm³/mol. The Kier molecular flexibility index (Phi) is 3.29. The standard InChI is InChI=1S/C14H18N4O/c1-14(2,3)18-13(19)17-11-7-6-10(15)12-9(11)5-4-8-16-12/h4-8H,15H2,1-3H3,(H2,17,18,19). The minimum atomic E-state index is -0.286. The number of urea groups is 1. The van der Waals surface area contributed by atoms with E-state index in [0.29, 0.717) is 16.9 Å². The Balaban J connectivity index is 2.31. The molecule has 19 heavy (non-hydrogen) atoms. The number of nitrogens with zero attached hydrogens (tertiary/aromatic N) is 1. The summed E-state index contributed by atoms with van der Waals surface area (Å²) in [5.41, 5.74) is 7.56. The number of anilines is 2. The number of nitrogens with one attached hydrogen (secondary N) is 2. The summed E-state index contributed by atoms with van der Waals surface area (Å²) in [5, 5.41) is 6.49. The zero-order valence-corrected chi connectivity index (χ0v) is 11.3. The molecule has 100 valence electrons. The van der Waals surface area contributed by atoms with E-state index >= 15 is 0 Å². The molecule has 0 saturated heterocycles. The third-order valence-corrected chi connectivity index (χ3v) is 2.54. The molecule has 5 heteroatoms. The van der Waals surface area contributed by atoms with Gasteiger partial charge in [-0.05, 0) is 45.0 Å². The molecule has 1 aromatic carbocycles. The zero-order chi connectivity index (χ0) is 14.0. The van der Waals surface area contributed by atoms with Crippen LogP contribution in [0.3, 0.4) is 0 Å². The van der Waals surface area contributed by atoms with Gasteiger partial charge in [0.15, 0.2) is 0 Å². The largest absolute Gasteiger partial charge is 0.397 e. The van der Waals surface area contributed by atoms with Crippen LogP contribution < -0.4 is 16.4 Å². The Morgan fingerprint density at radius 3 is 2.68 bits per heavy atom. The smallest absolute Gasteiger partial charge is 0.319 e. The maximum Gasteiger partial charge on any atom is 0.319 e. The summed E-state index contributed by atoms with van der Waals surface area (Å²) < 4.78 is 0. The Morgan fingerprint density at radius 2 is 2.00 bits per heavy atom. The summed E-state index contributed by atoms with van der Waals surface area (Å²) in [6.45, 7) is 5.78. The van der Waals surface area contributed by atoms with E-state index in [1.807, 2.05) is 32.9 Å². The molecular formula is C14H18N4O. The molecule has 0 bridgehead atoms. The topological polar surface area (TPSA) is 80.0 Å². The number of aromatic nitrogens is 1. The first kappa shape index (κ1) is 13.1. The van der Waals surface area contributed by atoms with Gasteiger partial charge in [-0.1, -0.05) is 0 Å². The highest BCUT2D eigenvalue weighted by atomic mass is 16.2. The second kappa shape index (κ2) is 4.76. The van der Waals surface area contributed by atoms with Crippen LogP contribution in [0.25, 0.3) is 10.9 Å². The molecule has 0 spiro atoms. The van der Waals surface area contributed by atoms with Gasteiger partial charge in [-0.2, -0.15) is 0 Å². The number of rotatable bonds is 1. The predicted octanol–water partition coefficient (Wildman–Crippen LogP) is 2.74. The molecule has 1 aromatic heterocycles. The van der Waals surface area contributed by atoms with Gasteiger partial charge in [0, 0.05) is 17.1 Å². The van der Waals surface area contributed by atoms with Gasteiger partial charge in [-0.3, -0.25) is 4.98 Å². The number of nitrogen functional groups attached to an aromatic ring is 1. The van der Waals surface area contributed by atoms with Crippen LogP contribution in [0.1, 0.15) is 20.8 Å². The van der Waals surface area contributed by atoms with E-state index in [2.05, 4.69) is 15.6 Å². The van der Waals surface area contributed by atoms with Crippen molar-refractivity contribution in [3.8, 4) is 0 Å². The van der Waals surface area contributed by atoms with Gasteiger partial charge in [0.1, 0.15) is 0 Å². The van der Waals surface area contributed by atoms with Crippen molar-refractivity contribution in [2.24, 2.45) is 0 Å². The molecule has 0 aliphatic rings. The molecule has 2 aromatic rings. The van der Waals surface area contributed by atoms with Crippen molar-refractivity contribution in [3.63, 3.8) is 0 Å². The van der Waals surface area contributed by atoms with Crippen LogP contribution in [-0.4, -0.2) is 16.6 Å². The fourth-order valence-electron chi connectivity index (χ4n) is 1.80. The van der Waals surface area contributed by atoms with Gasteiger partial charge in [0.25, 0.3) is 0 Å². The monoisotopic (exact) mass is 258 g/mol. The van der Waals surface area contributed by atoms with Gasteiger partial charge in [0.05, 0.1) is 16.9 Å². The van der Waals surface area contributed by atoms with Gasteiger partial charge in [0.2, 0.25) is 0 Å². The number of amides is 2. The van der Waals surface area contributed by atoms with Gasteiger partial charge in [-0.15, -0.1) is 0 Å². The molecule has 2 rings (SSSR count). The minimum Gasteiger partial charge on any atom is -0.397 e. The SMILES string of the molecule is CC(C)(C)NC(=O)Nc1ccc(N)c2ncccc12. The van der Waals surface area contributed by atoms with Crippen LogP contribution in [0.4, 0.5) is 16.2 Å². The molecule has 0 fully saturated rings. The van der Waals surface area contributed by atoms with Crippen molar-refractivity contribution in [3.05, 3.63) is 30.5 Å². The fraction of sp³-hybridized carbons (Fsp3) is 0.286. The number of carbonyl (C=O) groups excluding carboxylic acids is 1. The van der Waals surface area contributed by atoms with Crippen molar-refractivity contribution in [2.75, 3.05) is 11.1 Å². The van der Waals surface area contributed by atoms with Crippen molar-refractivity contribution < 1.29 is 4.79 Å². The highest BCUT2D eigenvalue weighted by Gasteiger charge is 2.14. The molecule has 0 saturated carbocycles. The third-order valence-electron chi connectivity index (χ3n) is 2.54. The van der Waals surface area contributed by atoms with E-state index in [1.54, 1.807) is 18.3 Å². The second-order valence-corrected chi connectivity index (χ2v) is 5.43. The number of hydrogen-bond acceptors (Lipinski definition) is 3. The number of benzene rings is 1. The van der Waals surface area contributed by atoms with Crippen LogP contribution in [0.2, 0.25) is 0 Å². The van der Waals surface area contributed by atoms with E-state index in [-0.39, 0.29) is 11.6 Å². The molecule has 2 amide bonds. The van der Waals surface area contributed by atoms with Crippen LogP contribution in [0.5, 0.6) is 0 Å². The Hall–Kier alpha value is -2.30. The Morgan fingerprint density at radius 1 is 1.26 bits per heavy atom. The molecular weight excluding hydrogens is 240 g/mol. The summed E-state index contributed by atoms with van der Waals surface area (Å²) in [4.78, 5) is 16.1. The lowest BCUT2D eigenvalue weighted by Crippen LogP contribution is -2.43. The first-order valence-electron chi connectivity index (χ1n) is 6.09. The molecule has 0 radical (unpaired) electrons. The first-order valence-corrected chi connectivity index (χ1v) is 6.09.